The minimum Gasteiger partial charge on any atom is -0.477 e. The third-order valence-corrected chi connectivity index (χ3v) is 4.24. The number of fused-ring (bicyclic) bond motifs is 1. The monoisotopic (exact) mass is 356 g/mol. The number of carboxylic acids is 1. The maximum Gasteiger partial charge on any atom is 0.352 e. The highest BCUT2D eigenvalue weighted by Gasteiger charge is 2.28. The van der Waals surface area contributed by atoms with Crippen LogP contribution in [-0.4, -0.2) is 32.1 Å². The number of carboxylic acid groups (broad SMARTS) is 1. The maximum absolute atomic E-state index is 11.3. The molecule has 0 saturated heterocycles. The van der Waals surface area contributed by atoms with E-state index >= 15 is 0 Å². The van der Waals surface area contributed by atoms with Crippen LogP contribution in [0, 0.1) is 0 Å². The van der Waals surface area contributed by atoms with Crippen molar-refractivity contribution in [2.24, 2.45) is 0 Å². The summed E-state index contributed by atoms with van der Waals surface area (Å²) in [4.78, 5) is 15.6. The Hall–Kier alpha value is -1.70. The van der Waals surface area contributed by atoms with E-state index in [1.165, 1.54) is 11.8 Å². The highest BCUT2D eigenvalue weighted by molar-refractivity contribution is 7.98. The number of nitrogens with one attached hydrogen (secondary N) is 1. The summed E-state index contributed by atoms with van der Waals surface area (Å²) in [5, 5.41) is 17.9. The van der Waals surface area contributed by atoms with Crippen molar-refractivity contribution in [3.8, 4) is 0 Å². The third kappa shape index (κ3) is 2.67. The van der Waals surface area contributed by atoms with Gasteiger partial charge in [0.05, 0.1) is 0 Å². The summed E-state index contributed by atoms with van der Waals surface area (Å²) in [7, 11) is 0. The van der Waals surface area contributed by atoms with E-state index in [-0.39, 0.29) is 5.70 Å². The summed E-state index contributed by atoms with van der Waals surface area (Å²) in [6.07, 6.45) is 3.39. The summed E-state index contributed by atoms with van der Waals surface area (Å²) in [5.74, 6) is -0.713. The minimum atomic E-state index is -1.07. The summed E-state index contributed by atoms with van der Waals surface area (Å²) in [6, 6.07) is 4.59. The van der Waals surface area contributed by atoms with Gasteiger partial charge in [-0.1, -0.05) is 41.0 Å². The van der Waals surface area contributed by atoms with Crippen LogP contribution in [0.1, 0.15) is 11.6 Å². The number of anilines is 1. The molecule has 2 N–H and O–H groups in total. The lowest BCUT2D eigenvalue weighted by Gasteiger charge is -2.23. The first-order chi connectivity index (χ1) is 10.5. The van der Waals surface area contributed by atoms with Gasteiger partial charge < -0.3 is 10.4 Å². The summed E-state index contributed by atoms with van der Waals surface area (Å²) in [6.45, 7) is 0. The fourth-order valence-electron chi connectivity index (χ4n) is 2.15. The molecule has 114 valence electrons. The molecule has 9 heteroatoms. The molecular weight excluding hydrogens is 347 g/mol. The Morgan fingerprint density at radius 3 is 2.86 bits per heavy atom. The van der Waals surface area contributed by atoms with Gasteiger partial charge in [0.25, 0.3) is 0 Å². The Balaban J connectivity index is 2.15. The fraction of sp³-hybridized carbons (Fsp3) is 0.154. The third-order valence-electron chi connectivity index (χ3n) is 3.14. The van der Waals surface area contributed by atoms with Crippen molar-refractivity contribution in [1.82, 2.24) is 14.8 Å². The van der Waals surface area contributed by atoms with Crippen molar-refractivity contribution in [2.75, 3.05) is 11.6 Å². The molecule has 0 bridgehead atoms. The average molecular weight is 357 g/mol. The topological polar surface area (TPSA) is 80.0 Å². The molecule has 0 amide bonds. The molecule has 22 heavy (non-hydrogen) atoms. The number of allylic oxidation sites excluding steroid dienone is 1. The first-order valence-corrected chi connectivity index (χ1v) is 8.15. The predicted octanol–water partition coefficient (Wildman–Crippen LogP) is 3.29. The van der Waals surface area contributed by atoms with Gasteiger partial charge in [0.2, 0.25) is 11.1 Å². The molecular formula is C13H10Cl2N4O2S. The number of aromatic nitrogens is 3. The zero-order valence-electron chi connectivity index (χ0n) is 11.2. The molecule has 0 fully saturated rings. The molecule has 2 heterocycles. The molecule has 3 rings (SSSR count). The maximum atomic E-state index is 11.3. The van der Waals surface area contributed by atoms with E-state index in [9.17, 15) is 9.90 Å². The molecule has 1 aliphatic heterocycles. The van der Waals surface area contributed by atoms with Crippen LogP contribution in [-0.2, 0) is 4.79 Å². The van der Waals surface area contributed by atoms with Gasteiger partial charge in [-0.25, -0.2) is 9.48 Å². The van der Waals surface area contributed by atoms with Crippen LogP contribution in [0.5, 0.6) is 0 Å². The van der Waals surface area contributed by atoms with Gasteiger partial charge in [-0.2, -0.15) is 4.98 Å². The molecule has 1 aliphatic rings. The summed E-state index contributed by atoms with van der Waals surface area (Å²) >= 11 is 13.5. The number of benzene rings is 1. The van der Waals surface area contributed by atoms with Crippen LogP contribution in [0.3, 0.4) is 0 Å². The Bertz CT molecular complexity index is 790. The smallest absolute Gasteiger partial charge is 0.352 e. The standard InChI is InChI=1S/C13H10Cl2N4O2S/c1-22-13-17-12-16-9(11(20)21)5-10(19(12)18-13)7-3-2-6(14)4-8(7)15/h2-5,10H,1H3,(H,20,21)(H,16,17,18)/t10-/m1/s1. The van der Waals surface area contributed by atoms with E-state index < -0.39 is 12.0 Å². The first kappa shape index (κ1) is 15.2. The van der Waals surface area contributed by atoms with Crippen LogP contribution >= 0.6 is 35.0 Å². The van der Waals surface area contributed by atoms with E-state index in [4.69, 9.17) is 23.2 Å². The number of nitrogens with zero attached hydrogens (tertiary/aromatic N) is 3. The minimum absolute atomic E-state index is 0.0311. The van der Waals surface area contributed by atoms with Gasteiger partial charge in [-0.3, -0.25) is 0 Å². The van der Waals surface area contributed by atoms with Gasteiger partial charge in [-0.05, 0) is 30.0 Å². The number of thioether (sulfide) groups is 1. The van der Waals surface area contributed by atoms with E-state index in [0.29, 0.717) is 26.7 Å². The molecule has 0 saturated carbocycles. The Labute approximate surface area is 140 Å². The van der Waals surface area contributed by atoms with Gasteiger partial charge in [0.1, 0.15) is 11.7 Å². The average Bonchev–Trinajstić information content (AvgIpc) is 2.89. The van der Waals surface area contributed by atoms with Gasteiger partial charge in [0, 0.05) is 10.0 Å². The van der Waals surface area contributed by atoms with E-state index in [1.807, 2.05) is 6.26 Å². The Kier molecular flexibility index (Phi) is 4.03. The first-order valence-electron chi connectivity index (χ1n) is 6.17. The molecule has 0 unspecified atom stereocenters. The molecule has 0 radical (unpaired) electrons. The largest absolute Gasteiger partial charge is 0.477 e. The molecule has 0 spiro atoms. The molecule has 1 aromatic carbocycles. The SMILES string of the molecule is CSc1nc2n(n1)[C@@H](c1ccc(Cl)cc1Cl)C=C(C(=O)O)N2. The summed E-state index contributed by atoms with van der Waals surface area (Å²) < 4.78 is 1.60. The lowest BCUT2D eigenvalue weighted by Crippen LogP contribution is -2.24. The summed E-state index contributed by atoms with van der Waals surface area (Å²) in [5.41, 5.74) is 0.730. The fourth-order valence-corrected chi connectivity index (χ4v) is 3.02. The number of aliphatic carboxylic acids is 1. The molecule has 0 aliphatic carbocycles. The van der Waals surface area contributed by atoms with E-state index in [1.54, 1.807) is 29.0 Å². The zero-order chi connectivity index (χ0) is 15.9. The Morgan fingerprint density at radius 2 is 2.23 bits per heavy atom. The number of rotatable bonds is 3. The second-order valence-electron chi connectivity index (χ2n) is 4.49. The van der Waals surface area contributed by atoms with Crippen molar-refractivity contribution in [1.29, 1.82) is 0 Å². The molecule has 2 aromatic rings. The predicted molar refractivity (Wildman–Crippen MR) is 85.7 cm³/mol. The second-order valence-corrected chi connectivity index (χ2v) is 6.10. The Morgan fingerprint density at radius 1 is 1.45 bits per heavy atom. The van der Waals surface area contributed by atoms with Crippen LogP contribution in [0.2, 0.25) is 10.0 Å². The molecule has 1 aromatic heterocycles. The van der Waals surface area contributed by atoms with Crippen LogP contribution < -0.4 is 5.32 Å². The van der Waals surface area contributed by atoms with Crippen molar-refractivity contribution >= 4 is 46.9 Å². The van der Waals surface area contributed by atoms with Crippen LogP contribution in [0.15, 0.2) is 35.1 Å². The zero-order valence-corrected chi connectivity index (χ0v) is 13.6. The van der Waals surface area contributed by atoms with Crippen molar-refractivity contribution in [3.63, 3.8) is 0 Å². The van der Waals surface area contributed by atoms with E-state index in [2.05, 4.69) is 15.4 Å². The normalized spacial score (nSPS) is 16.7. The highest BCUT2D eigenvalue weighted by atomic mass is 35.5. The number of halogens is 2. The van der Waals surface area contributed by atoms with Gasteiger partial charge >= 0.3 is 5.97 Å². The van der Waals surface area contributed by atoms with Crippen LogP contribution in [0.4, 0.5) is 5.95 Å². The second kappa shape index (κ2) is 5.83. The quantitative estimate of drug-likeness (QED) is 0.821. The van der Waals surface area contributed by atoms with Crippen molar-refractivity contribution < 1.29 is 9.90 Å². The van der Waals surface area contributed by atoms with Gasteiger partial charge in [-0.15, -0.1) is 5.10 Å². The number of hydrogen-bond donors (Lipinski definition) is 2. The van der Waals surface area contributed by atoms with Gasteiger partial charge in [0.15, 0.2) is 0 Å². The van der Waals surface area contributed by atoms with Crippen molar-refractivity contribution in [3.05, 3.63) is 45.6 Å². The highest BCUT2D eigenvalue weighted by Crippen LogP contribution is 2.34. The number of carbonyl (C=O) groups is 1. The number of hydrogen-bond acceptors (Lipinski definition) is 5. The lowest BCUT2D eigenvalue weighted by atomic mass is 10.0. The van der Waals surface area contributed by atoms with E-state index in [0.717, 1.165) is 0 Å². The molecule has 1 atom stereocenters. The van der Waals surface area contributed by atoms with Crippen LogP contribution in [0.25, 0.3) is 0 Å². The lowest BCUT2D eigenvalue weighted by molar-refractivity contribution is -0.132. The molecule has 6 nitrogen and oxygen atoms in total. The van der Waals surface area contributed by atoms with Crippen molar-refractivity contribution in [2.45, 2.75) is 11.2 Å².